The van der Waals surface area contributed by atoms with Crippen LogP contribution in [0.5, 0.6) is 0 Å². The maximum absolute atomic E-state index is 8.64. The summed E-state index contributed by atoms with van der Waals surface area (Å²) in [6, 6.07) is 4.13. The molecule has 3 heteroatoms. The van der Waals surface area contributed by atoms with Crippen molar-refractivity contribution in [2.24, 2.45) is 0 Å². The molecule has 1 aromatic rings. The first-order valence-electron chi connectivity index (χ1n) is 3.96. The third kappa shape index (κ3) is 2.33. The van der Waals surface area contributed by atoms with Crippen molar-refractivity contribution < 1.29 is 0 Å². The van der Waals surface area contributed by atoms with Crippen LogP contribution in [0.1, 0.15) is 30.2 Å². The zero-order chi connectivity index (χ0) is 8.97. The number of unbranched alkanes of at least 4 members (excludes halogenated alkanes) is 1. The van der Waals surface area contributed by atoms with E-state index in [1.165, 1.54) is 29.7 Å². The predicted octanol–water partition coefficient (Wildman–Crippen LogP) is 3.72. The van der Waals surface area contributed by atoms with Gasteiger partial charge in [0.2, 0.25) is 0 Å². The fraction of sp³-hybridized carbons (Fsp3) is 0.444. The van der Waals surface area contributed by atoms with Crippen molar-refractivity contribution in [1.29, 1.82) is 5.26 Å². The summed E-state index contributed by atoms with van der Waals surface area (Å²) in [4.78, 5) is 0.799. The monoisotopic (exact) mass is 243 g/mol. The Morgan fingerprint density at radius 1 is 1.67 bits per heavy atom. The Bertz CT molecular complexity index is 298. The summed E-state index contributed by atoms with van der Waals surface area (Å²) in [5, 5.41) is 8.64. The van der Waals surface area contributed by atoms with Gasteiger partial charge in [-0.1, -0.05) is 13.3 Å². The zero-order valence-electron chi connectivity index (χ0n) is 6.93. The molecule has 1 rings (SSSR count). The highest BCUT2D eigenvalue weighted by molar-refractivity contribution is 9.11. The number of aryl methyl sites for hydroxylation is 1. The van der Waals surface area contributed by atoms with Crippen LogP contribution >= 0.6 is 27.3 Å². The molecule has 0 spiro atoms. The molecular weight excluding hydrogens is 234 g/mol. The molecule has 1 nitrogen and oxygen atoms in total. The Morgan fingerprint density at radius 3 is 2.92 bits per heavy atom. The summed E-state index contributed by atoms with van der Waals surface area (Å²) in [6.07, 6.45) is 3.47. The Balaban J connectivity index is 2.72. The van der Waals surface area contributed by atoms with Crippen LogP contribution < -0.4 is 0 Å². The van der Waals surface area contributed by atoms with E-state index >= 15 is 0 Å². The summed E-state index contributed by atoms with van der Waals surface area (Å²) in [5.74, 6) is 0. The van der Waals surface area contributed by atoms with E-state index < -0.39 is 0 Å². The van der Waals surface area contributed by atoms with Gasteiger partial charge < -0.3 is 0 Å². The van der Waals surface area contributed by atoms with Crippen LogP contribution in [0.2, 0.25) is 0 Å². The highest BCUT2D eigenvalue weighted by atomic mass is 79.9. The highest BCUT2D eigenvalue weighted by Gasteiger charge is 2.04. The van der Waals surface area contributed by atoms with Crippen LogP contribution in [0.25, 0.3) is 0 Å². The van der Waals surface area contributed by atoms with Gasteiger partial charge in [0, 0.05) is 0 Å². The normalized spacial score (nSPS) is 9.75. The van der Waals surface area contributed by atoms with Gasteiger partial charge in [-0.15, -0.1) is 11.3 Å². The summed E-state index contributed by atoms with van der Waals surface area (Å²) < 4.78 is 1.12. The lowest BCUT2D eigenvalue weighted by Gasteiger charge is -1.94. The largest absolute Gasteiger partial charge is 0.192 e. The molecular formula is C9H10BrNS. The van der Waals surface area contributed by atoms with Crippen LogP contribution in [0.15, 0.2) is 9.85 Å². The van der Waals surface area contributed by atoms with Crippen molar-refractivity contribution in [1.82, 2.24) is 0 Å². The van der Waals surface area contributed by atoms with Crippen molar-refractivity contribution in [2.45, 2.75) is 26.2 Å². The lowest BCUT2D eigenvalue weighted by Crippen LogP contribution is -1.80. The Morgan fingerprint density at radius 2 is 2.42 bits per heavy atom. The molecule has 0 unspecified atom stereocenters. The molecule has 0 radical (unpaired) electrons. The molecule has 0 aromatic carbocycles. The van der Waals surface area contributed by atoms with Crippen molar-refractivity contribution in [3.8, 4) is 6.07 Å². The van der Waals surface area contributed by atoms with E-state index in [2.05, 4.69) is 28.9 Å². The molecule has 12 heavy (non-hydrogen) atoms. The second-order valence-corrected chi connectivity index (χ2v) is 5.00. The number of nitriles is 1. The molecule has 64 valence electrons. The number of thiophene rings is 1. The fourth-order valence-corrected chi connectivity index (χ4v) is 2.57. The van der Waals surface area contributed by atoms with Crippen LogP contribution in [0.3, 0.4) is 0 Å². The maximum Gasteiger partial charge on any atom is 0.110 e. The van der Waals surface area contributed by atoms with Crippen LogP contribution in [0.4, 0.5) is 0 Å². The third-order valence-electron chi connectivity index (χ3n) is 1.67. The molecule has 1 heterocycles. The van der Waals surface area contributed by atoms with Gasteiger partial charge in [0.05, 0.1) is 3.79 Å². The second-order valence-electron chi connectivity index (χ2n) is 2.62. The topological polar surface area (TPSA) is 23.8 Å². The van der Waals surface area contributed by atoms with E-state index in [-0.39, 0.29) is 0 Å². The van der Waals surface area contributed by atoms with Crippen LogP contribution in [-0.4, -0.2) is 0 Å². The molecule has 0 aliphatic heterocycles. The van der Waals surface area contributed by atoms with Crippen LogP contribution in [0, 0.1) is 11.3 Å². The van der Waals surface area contributed by atoms with Gasteiger partial charge in [-0.25, -0.2) is 0 Å². The van der Waals surface area contributed by atoms with Crippen molar-refractivity contribution in [3.63, 3.8) is 0 Å². The zero-order valence-corrected chi connectivity index (χ0v) is 9.33. The van der Waals surface area contributed by atoms with Crippen molar-refractivity contribution in [3.05, 3.63) is 20.3 Å². The number of nitrogens with zero attached hydrogens (tertiary/aromatic N) is 1. The summed E-state index contributed by atoms with van der Waals surface area (Å²) >= 11 is 4.98. The van der Waals surface area contributed by atoms with Gasteiger partial charge in [0.1, 0.15) is 10.9 Å². The average molecular weight is 244 g/mol. The van der Waals surface area contributed by atoms with E-state index in [4.69, 9.17) is 5.26 Å². The first-order chi connectivity index (χ1) is 5.77. The predicted molar refractivity (Wildman–Crippen MR) is 55.3 cm³/mol. The summed E-state index contributed by atoms with van der Waals surface area (Å²) in [6.45, 7) is 2.17. The molecule has 0 aliphatic carbocycles. The van der Waals surface area contributed by atoms with Gasteiger partial charge in [-0.05, 0) is 40.4 Å². The van der Waals surface area contributed by atoms with E-state index in [0.29, 0.717) is 0 Å². The Hall–Kier alpha value is -0.330. The van der Waals surface area contributed by atoms with Gasteiger partial charge in [-0.3, -0.25) is 0 Å². The number of halogens is 1. The average Bonchev–Trinajstić information content (AvgIpc) is 2.43. The van der Waals surface area contributed by atoms with Gasteiger partial charge in [0.25, 0.3) is 0 Å². The molecule has 0 aliphatic rings. The maximum atomic E-state index is 8.64. The first-order valence-corrected chi connectivity index (χ1v) is 5.57. The fourth-order valence-electron chi connectivity index (χ4n) is 0.999. The van der Waals surface area contributed by atoms with Gasteiger partial charge in [0.15, 0.2) is 0 Å². The number of hydrogen-bond acceptors (Lipinski definition) is 2. The van der Waals surface area contributed by atoms with Crippen molar-refractivity contribution >= 4 is 27.3 Å². The SMILES string of the molecule is CCCCc1cc(C#N)sc1Br. The smallest absolute Gasteiger partial charge is 0.110 e. The first kappa shape index (κ1) is 9.76. The lowest BCUT2D eigenvalue weighted by atomic mass is 10.1. The summed E-state index contributed by atoms with van der Waals surface area (Å²) in [5.41, 5.74) is 1.28. The minimum Gasteiger partial charge on any atom is -0.192 e. The second kappa shape index (κ2) is 4.64. The minimum atomic E-state index is 0.799. The number of rotatable bonds is 3. The molecule has 0 amide bonds. The molecule has 0 N–H and O–H groups in total. The van der Waals surface area contributed by atoms with Gasteiger partial charge in [-0.2, -0.15) is 5.26 Å². The molecule has 0 saturated carbocycles. The standard InChI is InChI=1S/C9H10BrNS/c1-2-3-4-7-5-8(6-11)12-9(7)10/h5H,2-4H2,1H3. The van der Waals surface area contributed by atoms with Crippen LogP contribution in [-0.2, 0) is 6.42 Å². The summed E-state index contributed by atoms with van der Waals surface area (Å²) in [7, 11) is 0. The Labute approximate surface area is 85.2 Å². The third-order valence-corrected chi connectivity index (χ3v) is 3.53. The van der Waals surface area contributed by atoms with E-state index in [0.717, 1.165) is 15.1 Å². The molecule has 1 aromatic heterocycles. The van der Waals surface area contributed by atoms with Crippen molar-refractivity contribution in [2.75, 3.05) is 0 Å². The molecule has 0 saturated heterocycles. The van der Waals surface area contributed by atoms with E-state index in [1.54, 1.807) is 0 Å². The number of hydrogen-bond donors (Lipinski definition) is 0. The molecule has 0 bridgehead atoms. The highest BCUT2D eigenvalue weighted by Crippen LogP contribution is 2.28. The lowest BCUT2D eigenvalue weighted by molar-refractivity contribution is 0.795. The molecule has 0 fully saturated rings. The van der Waals surface area contributed by atoms with Gasteiger partial charge >= 0.3 is 0 Å². The Kier molecular flexibility index (Phi) is 3.77. The minimum absolute atomic E-state index is 0.799. The van der Waals surface area contributed by atoms with E-state index in [9.17, 15) is 0 Å². The quantitative estimate of drug-likeness (QED) is 0.794. The van der Waals surface area contributed by atoms with E-state index in [1.807, 2.05) is 6.07 Å². The molecule has 0 atom stereocenters.